The summed E-state index contributed by atoms with van der Waals surface area (Å²) >= 11 is 1.78. The van der Waals surface area contributed by atoms with E-state index in [0.717, 1.165) is 11.8 Å². The summed E-state index contributed by atoms with van der Waals surface area (Å²) in [4.78, 5) is 8.26. The van der Waals surface area contributed by atoms with E-state index in [1.54, 1.807) is 11.3 Å². The lowest BCUT2D eigenvalue weighted by Gasteiger charge is -2.41. The maximum atomic E-state index is 5.91. The van der Waals surface area contributed by atoms with E-state index in [2.05, 4.69) is 9.88 Å². The fourth-order valence-corrected chi connectivity index (χ4v) is 4.31. The summed E-state index contributed by atoms with van der Waals surface area (Å²) in [6.07, 6.45) is 9.08. The summed E-state index contributed by atoms with van der Waals surface area (Å²) in [5.74, 6) is 1.90. The fourth-order valence-electron chi connectivity index (χ4n) is 3.41. The van der Waals surface area contributed by atoms with Crippen molar-refractivity contribution in [1.29, 1.82) is 0 Å². The van der Waals surface area contributed by atoms with Crippen molar-refractivity contribution in [2.75, 3.05) is 18.0 Å². The number of aromatic nitrogens is 1. The van der Waals surface area contributed by atoms with Crippen molar-refractivity contribution < 1.29 is 0 Å². The molecule has 2 heterocycles. The number of anilines is 1. The highest BCUT2D eigenvalue weighted by atomic mass is 32.1. The van der Waals surface area contributed by atoms with Crippen molar-refractivity contribution in [3.05, 3.63) is 11.1 Å². The minimum Gasteiger partial charge on any atom is -0.348 e. The molecule has 100 valence electrons. The molecule has 18 heavy (non-hydrogen) atoms. The molecule has 0 aromatic carbocycles. The Morgan fingerprint density at radius 3 is 2.83 bits per heavy atom. The molecule has 2 fully saturated rings. The quantitative estimate of drug-likeness (QED) is 0.893. The first-order valence-electron chi connectivity index (χ1n) is 7.20. The van der Waals surface area contributed by atoms with Crippen LogP contribution in [0.2, 0.25) is 0 Å². The summed E-state index contributed by atoms with van der Waals surface area (Å²) in [7, 11) is 0. The molecule has 1 aromatic rings. The Hall–Kier alpha value is -0.610. The third-order valence-corrected chi connectivity index (χ3v) is 5.78. The molecule has 3 nitrogen and oxygen atoms in total. The Kier molecular flexibility index (Phi) is 3.57. The largest absolute Gasteiger partial charge is 0.348 e. The van der Waals surface area contributed by atoms with E-state index >= 15 is 0 Å². The Labute approximate surface area is 113 Å². The summed E-state index contributed by atoms with van der Waals surface area (Å²) in [6, 6.07) is 0.114. The van der Waals surface area contributed by atoms with E-state index in [9.17, 15) is 0 Å². The first-order chi connectivity index (χ1) is 8.74. The van der Waals surface area contributed by atoms with Gasteiger partial charge >= 0.3 is 0 Å². The van der Waals surface area contributed by atoms with Crippen LogP contribution in [-0.4, -0.2) is 18.1 Å². The van der Waals surface area contributed by atoms with Crippen LogP contribution in [0.25, 0.3) is 0 Å². The maximum Gasteiger partial charge on any atom is 0.185 e. The van der Waals surface area contributed by atoms with Crippen molar-refractivity contribution in [2.24, 2.45) is 17.6 Å². The highest BCUT2D eigenvalue weighted by Crippen LogP contribution is 2.38. The second-order valence-corrected chi connectivity index (χ2v) is 6.91. The number of hydrogen-bond acceptors (Lipinski definition) is 4. The van der Waals surface area contributed by atoms with Gasteiger partial charge in [0.1, 0.15) is 0 Å². The zero-order chi connectivity index (χ0) is 12.5. The third-order valence-electron chi connectivity index (χ3n) is 4.52. The SMILES string of the molecule is CC(N)c1cnc(N2CCC3CCCCC3C2)s1. The van der Waals surface area contributed by atoms with Crippen LogP contribution in [-0.2, 0) is 0 Å². The van der Waals surface area contributed by atoms with Crippen LogP contribution in [0, 0.1) is 11.8 Å². The normalized spacial score (nSPS) is 30.0. The van der Waals surface area contributed by atoms with Gasteiger partial charge in [-0.05, 0) is 31.6 Å². The first-order valence-corrected chi connectivity index (χ1v) is 8.02. The van der Waals surface area contributed by atoms with E-state index in [-0.39, 0.29) is 6.04 Å². The van der Waals surface area contributed by atoms with E-state index in [1.165, 1.54) is 55.2 Å². The van der Waals surface area contributed by atoms with Gasteiger partial charge in [-0.3, -0.25) is 0 Å². The van der Waals surface area contributed by atoms with Crippen molar-refractivity contribution in [3.8, 4) is 0 Å². The van der Waals surface area contributed by atoms with Gasteiger partial charge in [0.2, 0.25) is 0 Å². The molecule has 0 bridgehead atoms. The Morgan fingerprint density at radius 1 is 1.33 bits per heavy atom. The topological polar surface area (TPSA) is 42.1 Å². The smallest absolute Gasteiger partial charge is 0.185 e. The van der Waals surface area contributed by atoms with Crippen molar-refractivity contribution in [1.82, 2.24) is 4.98 Å². The Morgan fingerprint density at radius 2 is 2.11 bits per heavy atom. The highest BCUT2D eigenvalue weighted by Gasteiger charge is 2.32. The van der Waals surface area contributed by atoms with Gasteiger partial charge in [0, 0.05) is 30.2 Å². The lowest BCUT2D eigenvalue weighted by molar-refractivity contribution is 0.202. The second-order valence-electron chi connectivity index (χ2n) is 5.87. The summed E-state index contributed by atoms with van der Waals surface area (Å²) in [5, 5.41) is 1.19. The molecule has 4 heteroatoms. The molecule has 1 aliphatic carbocycles. The molecular weight excluding hydrogens is 242 g/mol. The minimum atomic E-state index is 0.114. The molecule has 1 saturated heterocycles. The molecule has 1 saturated carbocycles. The van der Waals surface area contributed by atoms with Gasteiger partial charge in [0.05, 0.1) is 0 Å². The van der Waals surface area contributed by atoms with E-state index in [1.807, 2.05) is 13.1 Å². The van der Waals surface area contributed by atoms with E-state index in [4.69, 9.17) is 5.73 Å². The van der Waals surface area contributed by atoms with E-state index in [0.29, 0.717) is 0 Å². The number of fused-ring (bicyclic) bond motifs is 1. The molecule has 1 aromatic heterocycles. The number of piperidine rings is 1. The van der Waals surface area contributed by atoms with Gasteiger partial charge in [-0.15, -0.1) is 11.3 Å². The van der Waals surface area contributed by atoms with Gasteiger partial charge in [-0.25, -0.2) is 4.98 Å². The highest BCUT2D eigenvalue weighted by molar-refractivity contribution is 7.15. The molecule has 3 rings (SSSR count). The predicted octanol–water partition coefficient (Wildman–Crippen LogP) is 3.18. The van der Waals surface area contributed by atoms with Crippen LogP contribution in [0.5, 0.6) is 0 Å². The molecule has 1 aliphatic heterocycles. The average Bonchev–Trinajstić information content (AvgIpc) is 2.88. The summed E-state index contributed by atoms with van der Waals surface area (Å²) < 4.78 is 0. The van der Waals surface area contributed by atoms with Crippen LogP contribution < -0.4 is 10.6 Å². The third kappa shape index (κ3) is 2.41. The first kappa shape index (κ1) is 12.4. The van der Waals surface area contributed by atoms with Crippen molar-refractivity contribution in [3.63, 3.8) is 0 Å². The number of rotatable bonds is 2. The van der Waals surface area contributed by atoms with E-state index < -0.39 is 0 Å². The molecule has 2 aliphatic rings. The molecule has 3 unspecified atom stereocenters. The standard InChI is InChI=1S/C14H23N3S/c1-10(15)13-8-16-14(18-13)17-7-6-11-4-2-3-5-12(11)9-17/h8,10-12H,2-7,9,15H2,1H3. The van der Waals surface area contributed by atoms with Crippen LogP contribution in [0.1, 0.15) is 49.9 Å². The monoisotopic (exact) mass is 265 g/mol. The second kappa shape index (κ2) is 5.17. The zero-order valence-corrected chi connectivity index (χ0v) is 12.0. The Balaban J connectivity index is 1.69. The lowest BCUT2D eigenvalue weighted by Crippen LogP contribution is -2.41. The lowest BCUT2D eigenvalue weighted by atomic mass is 9.75. The van der Waals surface area contributed by atoms with Crippen LogP contribution in [0.15, 0.2) is 6.20 Å². The summed E-state index contributed by atoms with van der Waals surface area (Å²) in [5.41, 5.74) is 5.91. The molecular formula is C14H23N3S. The van der Waals surface area contributed by atoms with Crippen molar-refractivity contribution >= 4 is 16.5 Å². The fraction of sp³-hybridized carbons (Fsp3) is 0.786. The number of nitrogens with two attached hydrogens (primary N) is 1. The molecule has 0 radical (unpaired) electrons. The van der Waals surface area contributed by atoms with Crippen LogP contribution in [0.3, 0.4) is 0 Å². The summed E-state index contributed by atoms with van der Waals surface area (Å²) in [6.45, 7) is 4.44. The molecule has 2 N–H and O–H groups in total. The maximum absolute atomic E-state index is 5.91. The van der Waals surface area contributed by atoms with Gasteiger partial charge in [-0.2, -0.15) is 0 Å². The van der Waals surface area contributed by atoms with Gasteiger partial charge < -0.3 is 10.6 Å². The average molecular weight is 265 g/mol. The van der Waals surface area contributed by atoms with Crippen molar-refractivity contribution in [2.45, 2.75) is 45.1 Å². The van der Waals surface area contributed by atoms with Gasteiger partial charge in [-0.1, -0.05) is 19.3 Å². The zero-order valence-electron chi connectivity index (χ0n) is 11.1. The van der Waals surface area contributed by atoms with Gasteiger partial charge in [0.15, 0.2) is 5.13 Å². The minimum absolute atomic E-state index is 0.114. The number of nitrogens with zero attached hydrogens (tertiary/aromatic N) is 2. The molecule has 0 spiro atoms. The molecule has 3 atom stereocenters. The molecule has 0 amide bonds. The van der Waals surface area contributed by atoms with Gasteiger partial charge in [0.25, 0.3) is 0 Å². The number of hydrogen-bond donors (Lipinski definition) is 1. The van der Waals surface area contributed by atoms with Crippen LogP contribution >= 0.6 is 11.3 Å². The van der Waals surface area contributed by atoms with Crippen LogP contribution in [0.4, 0.5) is 5.13 Å². The number of thiazole rings is 1. The predicted molar refractivity (Wildman–Crippen MR) is 77.0 cm³/mol. The Bertz CT molecular complexity index is 401.